The minimum atomic E-state index is 0.581. The first-order valence-electron chi connectivity index (χ1n) is 8.24. The summed E-state index contributed by atoms with van der Waals surface area (Å²) in [5, 5.41) is 0. The maximum atomic E-state index is 6.03. The number of aromatic nitrogens is 2. The van der Waals surface area contributed by atoms with Crippen LogP contribution in [0.25, 0.3) is 11.0 Å². The van der Waals surface area contributed by atoms with Gasteiger partial charge in [0.05, 0.1) is 11.0 Å². The number of imidazole rings is 1. The molecular weight excluding hydrogens is 280 g/mol. The van der Waals surface area contributed by atoms with Gasteiger partial charge in [0.2, 0.25) is 0 Å². The van der Waals surface area contributed by atoms with Gasteiger partial charge in [-0.1, -0.05) is 38.3 Å². The van der Waals surface area contributed by atoms with Crippen LogP contribution in [0.2, 0.25) is 0 Å². The molecule has 0 amide bonds. The number of para-hydroxylation sites is 1. The van der Waals surface area contributed by atoms with E-state index in [0.29, 0.717) is 11.9 Å². The Morgan fingerprint density at radius 1 is 1.24 bits per heavy atom. The molecule has 1 aromatic heterocycles. The molecule has 114 valence electrons. The lowest BCUT2D eigenvalue weighted by Gasteiger charge is -2.26. The third-order valence-electron chi connectivity index (χ3n) is 4.96. The first-order valence-corrected chi connectivity index (χ1v) is 8.78. The molecule has 1 heterocycles. The maximum Gasteiger partial charge on any atom is 0.111 e. The quantitative estimate of drug-likeness (QED) is 0.558. The molecular formula is C18H25ClN2. The fourth-order valence-corrected chi connectivity index (χ4v) is 3.96. The van der Waals surface area contributed by atoms with E-state index in [4.69, 9.17) is 16.6 Å². The van der Waals surface area contributed by atoms with Crippen LogP contribution < -0.4 is 0 Å². The highest BCUT2D eigenvalue weighted by atomic mass is 35.5. The molecule has 1 aromatic carbocycles. The first kappa shape index (κ1) is 14.9. The number of aryl methyl sites for hydroxylation is 2. The highest BCUT2D eigenvalue weighted by Gasteiger charge is 2.25. The van der Waals surface area contributed by atoms with Crippen molar-refractivity contribution in [3.8, 4) is 0 Å². The van der Waals surface area contributed by atoms with Crippen molar-refractivity contribution in [2.75, 3.05) is 5.88 Å². The molecule has 0 aliphatic heterocycles. The minimum Gasteiger partial charge on any atom is -0.325 e. The monoisotopic (exact) mass is 304 g/mol. The van der Waals surface area contributed by atoms with Crippen molar-refractivity contribution in [2.45, 2.75) is 58.4 Å². The van der Waals surface area contributed by atoms with Gasteiger partial charge in [-0.15, -0.1) is 11.6 Å². The summed E-state index contributed by atoms with van der Waals surface area (Å²) in [5.41, 5.74) is 3.73. The number of halogens is 1. The van der Waals surface area contributed by atoms with E-state index in [1.165, 1.54) is 49.0 Å². The molecule has 1 aliphatic carbocycles. The molecule has 0 spiro atoms. The van der Waals surface area contributed by atoms with Crippen LogP contribution >= 0.6 is 11.6 Å². The fraction of sp³-hybridized carbons (Fsp3) is 0.611. The lowest BCUT2D eigenvalue weighted by Crippen LogP contribution is -2.18. The average molecular weight is 305 g/mol. The summed E-state index contributed by atoms with van der Waals surface area (Å²) in [5.74, 6) is 2.54. The Labute approximate surface area is 132 Å². The van der Waals surface area contributed by atoms with Gasteiger partial charge in [0.1, 0.15) is 5.82 Å². The molecule has 0 saturated heterocycles. The Morgan fingerprint density at radius 3 is 2.86 bits per heavy atom. The molecule has 1 saturated carbocycles. The van der Waals surface area contributed by atoms with Crippen LogP contribution in [0.1, 0.15) is 56.5 Å². The van der Waals surface area contributed by atoms with E-state index in [9.17, 15) is 0 Å². The van der Waals surface area contributed by atoms with Gasteiger partial charge in [-0.25, -0.2) is 4.98 Å². The standard InChI is InChI=1S/C18H25ClN2/c1-13-7-4-3-5-9-15(13)21-16-10-6-8-14(2)18(16)20-17(21)11-12-19/h6,8,10,13,15H,3-5,7,9,11-12H2,1-2H3. The molecule has 1 fully saturated rings. The van der Waals surface area contributed by atoms with Crippen molar-refractivity contribution < 1.29 is 0 Å². The predicted octanol–water partition coefficient (Wildman–Crippen LogP) is 5.27. The van der Waals surface area contributed by atoms with Gasteiger partial charge < -0.3 is 4.57 Å². The number of hydrogen-bond donors (Lipinski definition) is 0. The largest absolute Gasteiger partial charge is 0.325 e. The number of hydrogen-bond acceptors (Lipinski definition) is 1. The highest BCUT2D eigenvalue weighted by Crippen LogP contribution is 2.36. The number of alkyl halides is 1. The zero-order valence-corrected chi connectivity index (χ0v) is 13.9. The Morgan fingerprint density at radius 2 is 2.05 bits per heavy atom. The van der Waals surface area contributed by atoms with Gasteiger partial charge in [-0.05, 0) is 37.3 Å². The summed E-state index contributed by atoms with van der Waals surface area (Å²) >= 11 is 6.03. The Hall–Kier alpha value is -1.02. The molecule has 0 radical (unpaired) electrons. The normalized spacial score (nSPS) is 23.4. The second-order valence-corrected chi connectivity index (χ2v) is 6.84. The van der Waals surface area contributed by atoms with E-state index in [1.807, 2.05) is 0 Å². The van der Waals surface area contributed by atoms with Crippen molar-refractivity contribution in [1.29, 1.82) is 0 Å². The molecule has 21 heavy (non-hydrogen) atoms. The smallest absolute Gasteiger partial charge is 0.111 e. The van der Waals surface area contributed by atoms with Crippen molar-refractivity contribution in [2.24, 2.45) is 5.92 Å². The number of fused-ring (bicyclic) bond motifs is 1. The maximum absolute atomic E-state index is 6.03. The molecule has 3 heteroatoms. The fourth-order valence-electron chi connectivity index (χ4n) is 3.79. The van der Waals surface area contributed by atoms with Crippen LogP contribution in [0.3, 0.4) is 0 Å². The molecule has 3 rings (SSSR count). The number of benzene rings is 1. The second-order valence-electron chi connectivity index (χ2n) is 6.46. The summed E-state index contributed by atoms with van der Waals surface area (Å²) in [6.07, 6.45) is 7.54. The molecule has 2 nitrogen and oxygen atoms in total. The van der Waals surface area contributed by atoms with Gasteiger partial charge in [0.15, 0.2) is 0 Å². The topological polar surface area (TPSA) is 17.8 Å². The summed E-state index contributed by atoms with van der Waals surface area (Å²) in [7, 11) is 0. The number of nitrogens with zero attached hydrogens (tertiary/aromatic N) is 2. The van der Waals surface area contributed by atoms with E-state index in [0.717, 1.165) is 17.9 Å². The van der Waals surface area contributed by atoms with Gasteiger partial charge in [-0.3, -0.25) is 0 Å². The summed E-state index contributed by atoms with van der Waals surface area (Å²) in [6.45, 7) is 4.56. The lowest BCUT2D eigenvalue weighted by atomic mass is 9.96. The van der Waals surface area contributed by atoms with E-state index < -0.39 is 0 Å². The van der Waals surface area contributed by atoms with Crippen LogP contribution in [-0.4, -0.2) is 15.4 Å². The van der Waals surface area contributed by atoms with Crippen LogP contribution in [0.5, 0.6) is 0 Å². The van der Waals surface area contributed by atoms with Crippen LogP contribution in [0.15, 0.2) is 18.2 Å². The van der Waals surface area contributed by atoms with Gasteiger partial charge in [0.25, 0.3) is 0 Å². The number of rotatable bonds is 3. The molecule has 0 N–H and O–H groups in total. The van der Waals surface area contributed by atoms with Gasteiger partial charge >= 0.3 is 0 Å². The Balaban J connectivity index is 2.14. The van der Waals surface area contributed by atoms with Gasteiger partial charge in [0, 0.05) is 18.3 Å². The van der Waals surface area contributed by atoms with E-state index in [-0.39, 0.29) is 0 Å². The van der Waals surface area contributed by atoms with E-state index >= 15 is 0 Å². The van der Waals surface area contributed by atoms with Crippen LogP contribution in [0, 0.1) is 12.8 Å². The molecule has 2 unspecified atom stereocenters. The SMILES string of the molecule is Cc1cccc2c1nc(CCCl)n2C1CCCCCC1C. The van der Waals surface area contributed by atoms with Crippen LogP contribution in [-0.2, 0) is 6.42 Å². The third-order valence-corrected chi connectivity index (χ3v) is 5.15. The summed E-state index contributed by atoms with van der Waals surface area (Å²) < 4.78 is 2.51. The van der Waals surface area contributed by atoms with E-state index in [1.54, 1.807) is 0 Å². The van der Waals surface area contributed by atoms with Crippen molar-refractivity contribution in [1.82, 2.24) is 9.55 Å². The van der Waals surface area contributed by atoms with Crippen molar-refractivity contribution in [3.05, 3.63) is 29.6 Å². The molecule has 2 atom stereocenters. The van der Waals surface area contributed by atoms with Gasteiger partial charge in [-0.2, -0.15) is 0 Å². The molecule has 2 aromatic rings. The molecule has 1 aliphatic rings. The third kappa shape index (κ3) is 2.83. The zero-order chi connectivity index (χ0) is 14.8. The van der Waals surface area contributed by atoms with Crippen molar-refractivity contribution >= 4 is 22.6 Å². The summed E-state index contributed by atoms with van der Waals surface area (Å²) in [4.78, 5) is 4.92. The highest BCUT2D eigenvalue weighted by molar-refractivity contribution is 6.17. The van der Waals surface area contributed by atoms with Crippen LogP contribution in [0.4, 0.5) is 0 Å². The zero-order valence-electron chi connectivity index (χ0n) is 13.1. The molecule has 0 bridgehead atoms. The van der Waals surface area contributed by atoms with E-state index in [2.05, 4.69) is 36.6 Å². The predicted molar refractivity (Wildman–Crippen MR) is 90.2 cm³/mol. The Bertz CT molecular complexity index is 617. The second kappa shape index (κ2) is 6.39. The Kier molecular flexibility index (Phi) is 4.54. The van der Waals surface area contributed by atoms with Crippen molar-refractivity contribution in [3.63, 3.8) is 0 Å². The minimum absolute atomic E-state index is 0.581. The lowest BCUT2D eigenvalue weighted by molar-refractivity contribution is 0.333. The first-order chi connectivity index (χ1) is 10.2. The average Bonchev–Trinajstić information content (AvgIpc) is 2.69. The summed E-state index contributed by atoms with van der Waals surface area (Å²) in [6, 6.07) is 7.12.